The second-order valence-electron chi connectivity index (χ2n) is 7.43. The molecule has 3 heterocycles. The van der Waals surface area contributed by atoms with Gasteiger partial charge in [-0.25, -0.2) is 9.48 Å². The maximum absolute atomic E-state index is 12.8. The third kappa shape index (κ3) is 5.68. The molecule has 1 unspecified atom stereocenters. The van der Waals surface area contributed by atoms with Gasteiger partial charge in [0, 0.05) is 11.5 Å². The number of carbonyl (C=O) groups excluding carboxylic acids is 2. The number of nitrogens with zero attached hydrogens (tertiary/aromatic N) is 5. The molecule has 1 aromatic heterocycles. The first-order chi connectivity index (χ1) is 16.6. The number of fused-ring (bicyclic) bond motifs is 1. The highest BCUT2D eigenvalue weighted by Gasteiger charge is 2.54. The van der Waals surface area contributed by atoms with Gasteiger partial charge in [-0.2, -0.15) is 8.42 Å². The van der Waals surface area contributed by atoms with Gasteiger partial charge < -0.3 is 21.7 Å². The summed E-state index contributed by atoms with van der Waals surface area (Å²) in [7, 11) is -4.40. The molecule has 1 aromatic carbocycles. The lowest BCUT2D eigenvalue weighted by Gasteiger charge is -2.49. The molecule has 18 heteroatoms. The average Bonchev–Trinajstić information content (AvgIpc) is 3.25. The second-order valence-corrected chi connectivity index (χ2v) is 10.9. The lowest BCUT2D eigenvalue weighted by Crippen LogP contribution is -2.70. The van der Waals surface area contributed by atoms with Crippen LogP contribution < -0.4 is 11.5 Å². The molecule has 4 rings (SSSR count). The van der Waals surface area contributed by atoms with E-state index in [0.29, 0.717) is 11.1 Å². The fraction of sp³-hybridized carbons (Fsp3) is 0.333. The zero-order chi connectivity index (χ0) is 25.3. The van der Waals surface area contributed by atoms with Crippen LogP contribution in [0.3, 0.4) is 0 Å². The van der Waals surface area contributed by atoms with Crippen LogP contribution in [0.15, 0.2) is 46.8 Å². The van der Waals surface area contributed by atoms with Gasteiger partial charge in [0.15, 0.2) is 12.0 Å². The zero-order valence-electron chi connectivity index (χ0n) is 18.3. The van der Waals surface area contributed by atoms with Crippen molar-refractivity contribution < 1.29 is 37.6 Å². The first-order valence-electron chi connectivity index (χ1n) is 9.84. The Morgan fingerprint density at radius 1 is 1.28 bits per heavy atom. The van der Waals surface area contributed by atoms with Crippen LogP contribution in [-0.4, -0.2) is 89.0 Å². The predicted octanol–water partition coefficient (Wildman–Crippen LogP) is -0.755. The van der Waals surface area contributed by atoms with Crippen LogP contribution in [0.2, 0.25) is 0 Å². The van der Waals surface area contributed by atoms with Crippen molar-refractivity contribution in [3.8, 4) is 0 Å². The Morgan fingerprint density at radius 2 is 1.97 bits per heavy atom. The van der Waals surface area contributed by atoms with Crippen LogP contribution in [0.5, 0.6) is 0 Å². The van der Waals surface area contributed by atoms with Gasteiger partial charge in [-0.3, -0.25) is 19.0 Å². The van der Waals surface area contributed by atoms with E-state index in [0.717, 1.165) is 21.3 Å². The molecule has 7 N–H and O–H groups in total. The Bertz CT molecular complexity index is 1300. The summed E-state index contributed by atoms with van der Waals surface area (Å²) in [5.74, 6) is -3.39. The lowest BCUT2D eigenvalue weighted by atomic mass is 10.0. The van der Waals surface area contributed by atoms with Crippen LogP contribution in [0.4, 0.5) is 0 Å². The molecule has 2 aromatic rings. The van der Waals surface area contributed by atoms with Gasteiger partial charge in [0.25, 0.3) is 21.9 Å². The number of carbonyl (C=O) groups is 3. The second kappa shape index (κ2) is 10.9. The van der Waals surface area contributed by atoms with Crippen molar-refractivity contribution in [3.05, 3.63) is 47.2 Å². The summed E-state index contributed by atoms with van der Waals surface area (Å²) in [5.41, 5.74) is 0.480. The van der Waals surface area contributed by atoms with E-state index < -0.39 is 51.3 Å². The van der Waals surface area contributed by atoms with Crippen LogP contribution >= 0.6 is 23.5 Å². The molecule has 0 spiro atoms. The van der Waals surface area contributed by atoms with Crippen LogP contribution in [0.1, 0.15) is 11.7 Å². The number of aliphatic carboxylic acids is 1. The Kier molecular flexibility index (Phi) is 8.37. The number of carboxylic acid groups (broad SMARTS) is 1. The minimum Gasteiger partial charge on any atom is -0.477 e. The van der Waals surface area contributed by atoms with Crippen molar-refractivity contribution in [1.82, 2.24) is 36.6 Å². The molecule has 0 saturated carbocycles. The monoisotopic (exact) mass is 559 g/mol. The molecule has 2 aliphatic heterocycles. The highest BCUT2D eigenvalue weighted by Crippen LogP contribution is 2.41. The van der Waals surface area contributed by atoms with Crippen molar-refractivity contribution in [2.75, 3.05) is 11.5 Å². The van der Waals surface area contributed by atoms with Gasteiger partial charge in [0.1, 0.15) is 17.1 Å². The molecule has 1 saturated heterocycles. The number of aliphatic hydroxyl groups excluding tert-OH is 1. The molecule has 0 aliphatic carbocycles. The molecule has 3 atom stereocenters. The van der Waals surface area contributed by atoms with Gasteiger partial charge in [-0.1, -0.05) is 42.1 Å². The number of hydrogen-bond donors (Lipinski definition) is 5. The number of thioether (sulfide) groups is 2. The maximum Gasteiger partial charge on any atom is 0.352 e. The van der Waals surface area contributed by atoms with Crippen molar-refractivity contribution >= 4 is 51.4 Å². The number of carboxylic acids is 1. The van der Waals surface area contributed by atoms with E-state index in [1.54, 1.807) is 30.3 Å². The summed E-state index contributed by atoms with van der Waals surface area (Å²) in [5, 5.41) is 32.4. The van der Waals surface area contributed by atoms with Gasteiger partial charge in [0.05, 0.1) is 0 Å². The zero-order valence-corrected chi connectivity index (χ0v) is 20.7. The van der Waals surface area contributed by atoms with Crippen LogP contribution in [-0.2, 0) is 30.4 Å². The van der Waals surface area contributed by atoms with Crippen LogP contribution in [0.25, 0.3) is 0 Å². The number of rotatable bonds is 9. The number of tetrazole rings is 1. The summed E-state index contributed by atoms with van der Waals surface area (Å²) in [4.78, 5) is 38.3. The third-order valence-electron chi connectivity index (χ3n) is 5.07. The predicted molar refractivity (Wildman–Crippen MR) is 126 cm³/mol. The van der Waals surface area contributed by atoms with Crippen LogP contribution in [0, 0.1) is 0 Å². The minimum absolute atomic E-state index is 0. The first kappa shape index (κ1) is 27.6. The Morgan fingerprint density at radius 3 is 2.61 bits per heavy atom. The Balaban J connectivity index is 0.00000361. The van der Waals surface area contributed by atoms with Gasteiger partial charge in [-0.05, 0) is 21.6 Å². The number of hydrogen-bond acceptors (Lipinski definition) is 12. The Labute approximate surface area is 212 Å². The van der Waals surface area contributed by atoms with E-state index in [-0.39, 0.29) is 28.5 Å². The van der Waals surface area contributed by atoms with E-state index in [9.17, 15) is 33.0 Å². The molecule has 2 aliphatic rings. The average molecular weight is 560 g/mol. The highest BCUT2D eigenvalue weighted by molar-refractivity contribution is 8.01. The quantitative estimate of drug-likeness (QED) is 0.144. The van der Waals surface area contributed by atoms with Crippen molar-refractivity contribution in [2.45, 2.75) is 28.6 Å². The fourth-order valence-corrected chi connectivity index (χ4v) is 6.43. The molecule has 0 bridgehead atoms. The number of aromatic nitrogens is 4. The molecule has 36 heavy (non-hydrogen) atoms. The normalized spacial score (nSPS) is 20.2. The fourth-order valence-electron chi connectivity index (χ4n) is 3.50. The van der Waals surface area contributed by atoms with E-state index in [1.807, 2.05) is 0 Å². The number of nitrogens with one attached hydrogen (secondary N) is 1. The number of β-lactam (4-membered cyclic amide) rings is 1. The molecule has 1 fully saturated rings. The van der Waals surface area contributed by atoms with Crippen molar-refractivity contribution in [3.63, 3.8) is 0 Å². The largest absolute Gasteiger partial charge is 0.477 e. The van der Waals surface area contributed by atoms with E-state index >= 15 is 0 Å². The van der Waals surface area contributed by atoms with Gasteiger partial charge >= 0.3 is 5.97 Å². The van der Waals surface area contributed by atoms with Crippen molar-refractivity contribution in [1.29, 1.82) is 0 Å². The highest BCUT2D eigenvalue weighted by atomic mass is 32.2. The SMILES string of the molecule is N.O=C(O)C1=C(CSc2nnnn2CS(=O)(=O)O)CS[C@@H]2[C@H](NC(=O)C(O)c3ccccc3)C(=O)N12. The Hall–Kier alpha value is -3.03. The van der Waals surface area contributed by atoms with E-state index in [1.165, 1.54) is 11.8 Å². The van der Waals surface area contributed by atoms with E-state index in [4.69, 9.17) is 4.55 Å². The summed E-state index contributed by atoms with van der Waals surface area (Å²) >= 11 is 2.17. The minimum atomic E-state index is -4.40. The van der Waals surface area contributed by atoms with Gasteiger partial charge in [0.2, 0.25) is 5.16 Å². The summed E-state index contributed by atoms with van der Waals surface area (Å²) in [6.45, 7) is 0. The van der Waals surface area contributed by atoms with Gasteiger partial charge in [-0.15, -0.1) is 16.9 Å². The number of amides is 2. The molecular formula is C18H21N7O8S3. The van der Waals surface area contributed by atoms with Crippen molar-refractivity contribution in [2.24, 2.45) is 0 Å². The molecule has 2 amide bonds. The number of aliphatic hydroxyl groups is 1. The topological polar surface area (TPSA) is 240 Å². The lowest BCUT2D eigenvalue weighted by molar-refractivity contribution is -0.151. The molecule has 0 radical (unpaired) electrons. The maximum atomic E-state index is 12.8. The summed E-state index contributed by atoms with van der Waals surface area (Å²) in [6, 6.07) is 7.17. The molecular weight excluding hydrogens is 538 g/mol. The number of benzene rings is 1. The van der Waals surface area contributed by atoms with E-state index in [2.05, 4.69) is 20.8 Å². The molecule has 194 valence electrons. The molecule has 15 nitrogen and oxygen atoms in total. The first-order valence-corrected chi connectivity index (χ1v) is 13.5. The third-order valence-corrected chi connectivity index (χ3v) is 8.03. The summed E-state index contributed by atoms with van der Waals surface area (Å²) < 4.78 is 32.0. The summed E-state index contributed by atoms with van der Waals surface area (Å²) in [6.07, 6.45) is -1.48. The standard InChI is InChI=1S/C18H18N6O8S3.H3N/c25-13(9-4-2-1-3-5-9)14(26)19-11-15(27)24-12(17(28)29)10(6-33-16(11)24)7-34-18-20-21-22-23(18)8-35(30,31)32;/h1-5,11,13,16,25H,6-8H2,(H,19,26)(H,28,29)(H,30,31,32);1H3/t11-,13?,16-;/m1./s1. The smallest absolute Gasteiger partial charge is 0.352 e.